The van der Waals surface area contributed by atoms with Crippen molar-refractivity contribution in [3.63, 3.8) is 0 Å². The molecule has 1 rings (SSSR count). The summed E-state index contributed by atoms with van der Waals surface area (Å²) < 4.78 is 0. The molecule has 0 radical (unpaired) electrons. The van der Waals surface area contributed by atoms with Crippen LogP contribution in [0.4, 0.5) is 0 Å². The molecule has 0 amide bonds. The van der Waals surface area contributed by atoms with E-state index < -0.39 is 5.97 Å². The zero-order valence-electron chi connectivity index (χ0n) is 9.48. The lowest BCUT2D eigenvalue weighted by Crippen LogP contribution is -2.08. The maximum Gasteiger partial charge on any atom is 0.335 e. The largest absolute Gasteiger partial charge is 0.478 e. The molecular weight excluding hydrogens is 224 g/mol. The molecule has 0 heterocycles. The Kier molecular flexibility index (Phi) is 4.12. The van der Waals surface area contributed by atoms with Gasteiger partial charge in [0.05, 0.1) is 10.8 Å². The maximum atomic E-state index is 11.1. The molecule has 1 aromatic rings. The zero-order valence-corrected chi connectivity index (χ0v) is 10.3. The summed E-state index contributed by atoms with van der Waals surface area (Å²) in [7, 11) is 0. The first kappa shape index (κ1) is 12.8. The topological polar surface area (TPSA) is 54.4 Å². The molecule has 0 aliphatic carbocycles. The van der Waals surface area contributed by atoms with E-state index in [9.17, 15) is 9.59 Å². The molecule has 0 spiro atoms. The van der Waals surface area contributed by atoms with Gasteiger partial charge in [-0.15, -0.1) is 11.8 Å². The number of benzene rings is 1. The Balaban J connectivity index is 2.98. The average molecular weight is 238 g/mol. The second-order valence-electron chi connectivity index (χ2n) is 3.66. The van der Waals surface area contributed by atoms with Gasteiger partial charge in [-0.2, -0.15) is 0 Å². The molecule has 3 nitrogen and oxygen atoms in total. The van der Waals surface area contributed by atoms with E-state index in [2.05, 4.69) is 0 Å². The number of hydrogen-bond acceptors (Lipinski definition) is 3. The monoisotopic (exact) mass is 238 g/mol. The van der Waals surface area contributed by atoms with E-state index in [-0.39, 0.29) is 16.6 Å². The number of carbonyl (C=O) groups is 2. The van der Waals surface area contributed by atoms with Crippen molar-refractivity contribution in [3.8, 4) is 0 Å². The van der Waals surface area contributed by atoms with Crippen LogP contribution in [0.2, 0.25) is 0 Å². The summed E-state index contributed by atoms with van der Waals surface area (Å²) in [6, 6.07) is 4.95. The molecular formula is C12H14O3S. The highest BCUT2D eigenvalue weighted by molar-refractivity contribution is 8.00. The Hall–Kier alpha value is -1.29. The van der Waals surface area contributed by atoms with E-state index in [1.807, 2.05) is 13.8 Å². The third-order valence-electron chi connectivity index (χ3n) is 2.31. The van der Waals surface area contributed by atoms with E-state index in [1.165, 1.54) is 18.7 Å². The van der Waals surface area contributed by atoms with Crippen LogP contribution in [0.5, 0.6) is 0 Å². The molecule has 1 atom stereocenters. The second kappa shape index (κ2) is 5.16. The fourth-order valence-corrected chi connectivity index (χ4v) is 2.13. The SMILES string of the molecule is CC(=O)C(C)Sc1cc(C(=O)O)ccc1C. The number of Topliss-reactive ketones (excluding diaryl/α,β-unsaturated/α-hetero) is 1. The Morgan fingerprint density at radius 3 is 2.50 bits per heavy atom. The molecule has 1 unspecified atom stereocenters. The van der Waals surface area contributed by atoms with Gasteiger partial charge < -0.3 is 5.11 Å². The van der Waals surface area contributed by atoms with Crippen molar-refractivity contribution < 1.29 is 14.7 Å². The van der Waals surface area contributed by atoms with E-state index in [4.69, 9.17) is 5.11 Å². The van der Waals surface area contributed by atoms with Gasteiger partial charge in [-0.1, -0.05) is 6.07 Å². The minimum absolute atomic E-state index is 0.0881. The number of aromatic carboxylic acids is 1. The first-order chi connectivity index (χ1) is 7.41. The van der Waals surface area contributed by atoms with Crippen LogP contribution >= 0.6 is 11.8 Å². The summed E-state index contributed by atoms with van der Waals surface area (Å²) in [5.74, 6) is -0.859. The Morgan fingerprint density at radius 1 is 1.38 bits per heavy atom. The van der Waals surface area contributed by atoms with Gasteiger partial charge in [0.15, 0.2) is 0 Å². The van der Waals surface area contributed by atoms with Crippen molar-refractivity contribution in [2.24, 2.45) is 0 Å². The third-order valence-corrected chi connectivity index (χ3v) is 3.69. The summed E-state index contributed by atoms with van der Waals surface area (Å²) in [5.41, 5.74) is 1.24. The van der Waals surface area contributed by atoms with Gasteiger partial charge in [-0.3, -0.25) is 4.79 Å². The molecule has 86 valence electrons. The third kappa shape index (κ3) is 3.10. The highest BCUT2D eigenvalue weighted by Crippen LogP contribution is 2.28. The second-order valence-corrected chi connectivity index (χ2v) is 5.04. The van der Waals surface area contributed by atoms with Crippen molar-refractivity contribution >= 4 is 23.5 Å². The molecule has 0 saturated heterocycles. The normalized spacial score (nSPS) is 12.2. The Labute approximate surface area is 98.9 Å². The van der Waals surface area contributed by atoms with Crippen LogP contribution in [-0.2, 0) is 4.79 Å². The quantitative estimate of drug-likeness (QED) is 0.819. The molecule has 0 aliphatic heterocycles. The van der Waals surface area contributed by atoms with E-state index in [0.29, 0.717) is 0 Å². The molecule has 0 aromatic heterocycles. The highest BCUT2D eigenvalue weighted by Gasteiger charge is 2.12. The van der Waals surface area contributed by atoms with Crippen LogP contribution in [0, 0.1) is 6.92 Å². The summed E-state index contributed by atoms with van der Waals surface area (Å²) in [6.07, 6.45) is 0. The highest BCUT2D eigenvalue weighted by atomic mass is 32.2. The van der Waals surface area contributed by atoms with Crippen molar-refractivity contribution in [2.45, 2.75) is 30.9 Å². The Bertz CT molecular complexity index is 426. The number of rotatable bonds is 4. The minimum Gasteiger partial charge on any atom is -0.478 e. The minimum atomic E-state index is -0.947. The summed E-state index contributed by atoms with van der Waals surface area (Å²) >= 11 is 1.40. The number of carboxylic acids is 1. The van der Waals surface area contributed by atoms with Crippen molar-refractivity contribution in [3.05, 3.63) is 29.3 Å². The average Bonchev–Trinajstić information content (AvgIpc) is 2.20. The number of ketones is 1. The standard InChI is InChI=1S/C12H14O3S/c1-7-4-5-10(12(14)15)6-11(7)16-9(3)8(2)13/h4-6,9H,1-3H3,(H,14,15). The van der Waals surface area contributed by atoms with Gasteiger partial charge in [-0.25, -0.2) is 4.79 Å². The lowest BCUT2D eigenvalue weighted by Gasteiger charge is -2.10. The van der Waals surface area contributed by atoms with Gasteiger partial charge in [-0.05, 0) is 38.5 Å². The summed E-state index contributed by atoms with van der Waals surface area (Å²) in [4.78, 5) is 22.8. The fraction of sp³-hybridized carbons (Fsp3) is 0.333. The van der Waals surface area contributed by atoms with Crippen molar-refractivity contribution in [1.82, 2.24) is 0 Å². The fourth-order valence-electron chi connectivity index (χ4n) is 1.13. The molecule has 4 heteroatoms. The van der Waals surface area contributed by atoms with E-state index in [0.717, 1.165) is 10.5 Å². The summed E-state index contributed by atoms with van der Waals surface area (Å²) in [6.45, 7) is 5.26. The molecule has 16 heavy (non-hydrogen) atoms. The van der Waals surface area contributed by atoms with Gasteiger partial charge in [0.1, 0.15) is 5.78 Å². The predicted octanol–water partition coefficient (Wildman–Crippen LogP) is 2.76. The van der Waals surface area contributed by atoms with Gasteiger partial charge in [0.2, 0.25) is 0 Å². The lowest BCUT2D eigenvalue weighted by molar-refractivity contribution is -0.116. The van der Waals surface area contributed by atoms with Gasteiger partial charge >= 0.3 is 5.97 Å². The van der Waals surface area contributed by atoms with Crippen LogP contribution in [0.15, 0.2) is 23.1 Å². The first-order valence-electron chi connectivity index (χ1n) is 4.93. The van der Waals surface area contributed by atoms with Crippen LogP contribution < -0.4 is 0 Å². The number of thioether (sulfide) groups is 1. The Morgan fingerprint density at radius 2 is 2.00 bits per heavy atom. The first-order valence-corrected chi connectivity index (χ1v) is 5.81. The molecule has 1 aromatic carbocycles. The molecule has 0 saturated carbocycles. The van der Waals surface area contributed by atoms with E-state index in [1.54, 1.807) is 18.2 Å². The predicted molar refractivity (Wildman–Crippen MR) is 64.1 cm³/mol. The molecule has 0 aliphatic rings. The zero-order chi connectivity index (χ0) is 12.3. The smallest absolute Gasteiger partial charge is 0.335 e. The maximum absolute atomic E-state index is 11.1. The van der Waals surface area contributed by atoms with Gasteiger partial charge in [0.25, 0.3) is 0 Å². The summed E-state index contributed by atoms with van der Waals surface area (Å²) in [5, 5.41) is 8.72. The molecule has 0 fully saturated rings. The van der Waals surface area contributed by atoms with Crippen molar-refractivity contribution in [2.75, 3.05) is 0 Å². The van der Waals surface area contributed by atoms with Gasteiger partial charge in [0, 0.05) is 4.90 Å². The van der Waals surface area contributed by atoms with Crippen molar-refractivity contribution in [1.29, 1.82) is 0 Å². The molecule has 0 bridgehead atoms. The van der Waals surface area contributed by atoms with E-state index >= 15 is 0 Å². The van der Waals surface area contributed by atoms with Crippen LogP contribution in [0.3, 0.4) is 0 Å². The van der Waals surface area contributed by atoms with Crippen LogP contribution in [-0.4, -0.2) is 22.1 Å². The van der Waals surface area contributed by atoms with Crippen LogP contribution in [0.25, 0.3) is 0 Å². The lowest BCUT2D eigenvalue weighted by atomic mass is 10.1. The number of aryl methyl sites for hydroxylation is 1. The number of carboxylic acid groups (broad SMARTS) is 1. The number of hydrogen-bond donors (Lipinski definition) is 1. The van der Waals surface area contributed by atoms with Crippen LogP contribution in [0.1, 0.15) is 29.8 Å². The molecule has 1 N–H and O–H groups in total. The number of carbonyl (C=O) groups excluding carboxylic acids is 1.